The van der Waals surface area contributed by atoms with Crippen LogP contribution in [0.25, 0.3) is 0 Å². The summed E-state index contributed by atoms with van der Waals surface area (Å²) < 4.78 is 0. The Morgan fingerprint density at radius 3 is 2.55 bits per heavy atom. The fourth-order valence-corrected chi connectivity index (χ4v) is 4.26. The summed E-state index contributed by atoms with van der Waals surface area (Å²) in [6, 6.07) is 0. The van der Waals surface area contributed by atoms with Crippen molar-refractivity contribution in [3.05, 3.63) is 0 Å². The number of nitrogens with one attached hydrogen (secondary N) is 1. The molecular formula is C18H36N2. The summed E-state index contributed by atoms with van der Waals surface area (Å²) in [5, 5.41) is 3.66. The molecular weight excluding hydrogens is 244 g/mol. The molecule has 2 nitrogen and oxygen atoms in total. The minimum Gasteiger partial charge on any atom is -0.316 e. The molecule has 2 heteroatoms. The van der Waals surface area contributed by atoms with E-state index in [9.17, 15) is 0 Å². The fourth-order valence-electron chi connectivity index (χ4n) is 4.26. The summed E-state index contributed by atoms with van der Waals surface area (Å²) in [7, 11) is 0. The predicted octanol–water partition coefficient (Wildman–Crippen LogP) is 3.91. The van der Waals surface area contributed by atoms with E-state index in [1.165, 1.54) is 71.1 Å². The molecule has 1 aliphatic heterocycles. The van der Waals surface area contributed by atoms with Gasteiger partial charge in [0.05, 0.1) is 0 Å². The average Bonchev–Trinajstić information content (AvgIpc) is 2.48. The molecule has 1 unspecified atom stereocenters. The number of piperidine rings is 1. The van der Waals surface area contributed by atoms with Crippen molar-refractivity contribution in [2.24, 2.45) is 17.3 Å². The van der Waals surface area contributed by atoms with Crippen molar-refractivity contribution in [2.45, 2.75) is 65.7 Å². The zero-order chi connectivity index (χ0) is 14.4. The number of nitrogens with zero attached hydrogens (tertiary/aromatic N) is 1. The molecule has 2 aliphatic rings. The minimum absolute atomic E-state index is 0.568. The standard InChI is InChI=1S/C18H36N2/c1-4-17-7-6-12-20(13-17)15-18(14-19-5-2)10-8-16(3)9-11-18/h16-17,19H,4-15H2,1-3H3. The third kappa shape index (κ3) is 4.46. The van der Waals surface area contributed by atoms with E-state index < -0.39 is 0 Å². The summed E-state index contributed by atoms with van der Waals surface area (Å²) in [6.07, 6.45) is 10.0. The van der Waals surface area contributed by atoms with Crippen molar-refractivity contribution < 1.29 is 0 Å². The second kappa shape index (κ2) is 7.79. The Bertz CT molecular complexity index is 263. The highest BCUT2D eigenvalue weighted by atomic mass is 15.1. The van der Waals surface area contributed by atoms with Crippen LogP contribution >= 0.6 is 0 Å². The molecule has 2 fully saturated rings. The topological polar surface area (TPSA) is 15.3 Å². The van der Waals surface area contributed by atoms with Crippen LogP contribution in [0.5, 0.6) is 0 Å². The Kier molecular flexibility index (Phi) is 6.35. The maximum absolute atomic E-state index is 3.66. The molecule has 0 aromatic heterocycles. The second-order valence-electron chi connectivity index (χ2n) is 7.61. The molecule has 1 aliphatic carbocycles. The summed E-state index contributed by atoms with van der Waals surface area (Å²) in [4.78, 5) is 2.80. The first-order chi connectivity index (χ1) is 9.67. The van der Waals surface area contributed by atoms with E-state index in [-0.39, 0.29) is 0 Å². The quantitative estimate of drug-likeness (QED) is 0.793. The molecule has 0 radical (unpaired) electrons. The van der Waals surface area contributed by atoms with E-state index >= 15 is 0 Å². The minimum atomic E-state index is 0.568. The highest BCUT2D eigenvalue weighted by Gasteiger charge is 2.36. The summed E-state index contributed by atoms with van der Waals surface area (Å²) in [6.45, 7) is 13.5. The van der Waals surface area contributed by atoms with Crippen molar-refractivity contribution in [3.8, 4) is 0 Å². The lowest BCUT2D eigenvalue weighted by Gasteiger charge is -2.45. The van der Waals surface area contributed by atoms with Gasteiger partial charge in [-0.25, -0.2) is 0 Å². The van der Waals surface area contributed by atoms with Crippen molar-refractivity contribution in [1.29, 1.82) is 0 Å². The van der Waals surface area contributed by atoms with Crippen LogP contribution in [-0.4, -0.2) is 37.6 Å². The first-order valence-electron chi connectivity index (χ1n) is 9.10. The van der Waals surface area contributed by atoms with Crippen LogP contribution in [0, 0.1) is 17.3 Å². The average molecular weight is 280 g/mol. The third-order valence-corrected chi connectivity index (χ3v) is 5.82. The van der Waals surface area contributed by atoms with Gasteiger partial charge in [0.25, 0.3) is 0 Å². The van der Waals surface area contributed by atoms with E-state index in [2.05, 4.69) is 31.0 Å². The largest absolute Gasteiger partial charge is 0.316 e. The van der Waals surface area contributed by atoms with E-state index in [0.717, 1.165) is 18.4 Å². The van der Waals surface area contributed by atoms with Gasteiger partial charge in [-0.05, 0) is 56.0 Å². The van der Waals surface area contributed by atoms with E-state index in [1.807, 2.05) is 0 Å². The number of likely N-dealkylation sites (tertiary alicyclic amines) is 1. The van der Waals surface area contributed by atoms with Crippen LogP contribution in [0.4, 0.5) is 0 Å². The van der Waals surface area contributed by atoms with Crippen LogP contribution in [-0.2, 0) is 0 Å². The number of hydrogen-bond acceptors (Lipinski definition) is 2. The van der Waals surface area contributed by atoms with Crippen molar-refractivity contribution in [1.82, 2.24) is 10.2 Å². The summed E-state index contributed by atoms with van der Waals surface area (Å²) in [5.74, 6) is 1.91. The van der Waals surface area contributed by atoms with E-state index in [4.69, 9.17) is 0 Å². The summed E-state index contributed by atoms with van der Waals surface area (Å²) in [5.41, 5.74) is 0.568. The number of hydrogen-bond donors (Lipinski definition) is 1. The zero-order valence-corrected chi connectivity index (χ0v) is 14.1. The molecule has 0 bridgehead atoms. The SMILES string of the molecule is CCNCC1(CN2CCCC(CC)C2)CCC(C)CC1. The maximum atomic E-state index is 3.66. The fraction of sp³-hybridized carbons (Fsp3) is 1.00. The molecule has 1 saturated heterocycles. The van der Waals surface area contributed by atoms with Gasteiger partial charge in [0, 0.05) is 19.6 Å². The zero-order valence-electron chi connectivity index (χ0n) is 14.1. The lowest BCUT2D eigenvalue weighted by atomic mass is 9.70. The molecule has 20 heavy (non-hydrogen) atoms. The highest BCUT2D eigenvalue weighted by molar-refractivity contribution is 4.90. The Hall–Kier alpha value is -0.0800. The van der Waals surface area contributed by atoms with Gasteiger partial charge in [0.2, 0.25) is 0 Å². The van der Waals surface area contributed by atoms with Gasteiger partial charge < -0.3 is 10.2 Å². The maximum Gasteiger partial charge on any atom is 0.00503 e. The number of rotatable bonds is 6. The molecule has 1 saturated carbocycles. The normalized spacial score (nSPS) is 36.1. The van der Waals surface area contributed by atoms with Crippen LogP contribution in [0.1, 0.15) is 65.7 Å². The van der Waals surface area contributed by atoms with Crippen LogP contribution in [0.15, 0.2) is 0 Å². The molecule has 1 heterocycles. The van der Waals surface area contributed by atoms with Gasteiger partial charge in [0.1, 0.15) is 0 Å². The Morgan fingerprint density at radius 2 is 1.90 bits per heavy atom. The van der Waals surface area contributed by atoms with Gasteiger partial charge in [-0.15, -0.1) is 0 Å². The molecule has 1 N–H and O–H groups in total. The van der Waals surface area contributed by atoms with Crippen molar-refractivity contribution in [2.75, 3.05) is 32.7 Å². The molecule has 118 valence electrons. The van der Waals surface area contributed by atoms with Gasteiger partial charge in [-0.3, -0.25) is 0 Å². The lowest BCUT2D eigenvalue weighted by Crippen LogP contribution is -2.48. The second-order valence-corrected chi connectivity index (χ2v) is 7.61. The van der Waals surface area contributed by atoms with Crippen molar-refractivity contribution in [3.63, 3.8) is 0 Å². The van der Waals surface area contributed by atoms with Gasteiger partial charge in [-0.1, -0.05) is 40.0 Å². The van der Waals surface area contributed by atoms with E-state index in [1.54, 1.807) is 0 Å². The third-order valence-electron chi connectivity index (χ3n) is 5.82. The summed E-state index contributed by atoms with van der Waals surface area (Å²) >= 11 is 0. The molecule has 1 atom stereocenters. The van der Waals surface area contributed by atoms with Gasteiger partial charge in [0.15, 0.2) is 0 Å². The molecule has 0 spiro atoms. The highest BCUT2D eigenvalue weighted by Crippen LogP contribution is 2.39. The smallest absolute Gasteiger partial charge is 0.00503 e. The first-order valence-corrected chi connectivity index (χ1v) is 9.10. The van der Waals surface area contributed by atoms with Gasteiger partial charge in [-0.2, -0.15) is 0 Å². The first kappa shape index (κ1) is 16.3. The van der Waals surface area contributed by atoms with Gasteiger partial charge >= 0.3 is 0 Å². The Balaban J connectivity index is 1.92. The molecule has 0 aromatic carbocycles. The van der Waals surface area contributed by atoms with E-state index in [0.29, 0.717) is 5.41 Å². The van der Waals surface area contributed by atoms with Crippen LogP contribution in [0.3, 0.4) is 0 Å². The molecule has 2 rings (SSSR count). The van der Waals surface area contributed by atoms with Crippen LogP contribution in [0.2, 0.25) is 0 Å². The van der Waals surface area contributed by atoms with Crippen molar-refractivity contribution >= 4 is 0 Å². The molecule has 0 amide bonds. The Morgan fingerprint density at radius 1 is 1.15 bits per heavy atom. The predicted molar refractivity (Wildman–Crippen MR) is 88.1 cm³/mol. The van der Waals surface area contributed by atoms with Crippen LogP contribution < -0.4 is 5.32 Å². The lowest BCUT2D eigenvalue weighted by molar-refractivity contribution is 0.0616. The monoisotopic (exact) mass is 280 g/mol. The Labute approximate surface area is 126 Å². The molecule has 0 aromatic rings.